The van der Waals surface area contributed by atoms with Crippen molar-refractivity contribution in [3.05, 3.63) is 30.4 Å². The molecular weight excluding hydrogens is 176 g/mol. The molecule has 0 atom stereocenters. The van der Waals surface area contributed by atoms with Crippen LogP contribution in [0.3, 0.4) is 0 Å². The summed E-state index contributed by atoms with van der Waals surface area (Å²) in [4.78, 5) is 3.65. The Kier molecular flexibility index (Phi) is 2.14. The van der Waals surface area contributed by atoms with Gasteiger partial charge in [-0.25, -0.2) is 8.42 Å². The molecule has 0 amide bonds. The van der Waals surface area contributed by atoms with E-state index < -0.39 is 9.84 Å². The Labute approximate surface area is 70.7 Å². The molecule has 1 heterocycles. The first-order valence-corrected chi connectivity index (χ1v) is 4.69. The predicted molar refractivity (Wildman–Crippen MR) is 46.0 cm³/mol. The molecule has 12 heavy (non-hydrogen) atoms. The lowest BCUT2D eigenvalue weighted by Gasteiger charge is -2.00. The maximum absolute atomic E-state index is 11.2. The van der Waals surface area contributed by atoms with Crippen molar-refractivity contribution in [2.24, 2.45) is 0 Å². The van der Waals surface area contributed by atoms with Gasteiger partial charge in [-0.15, -0.1) is 0 Å². The number of rotatable bonds is 2. The van der Waals surface area contributed by atoms with Crippen LogP contribution in [-0.4, -0.2) is 13.4 Å². The van der Waals surface area contributed by atoms with E-state index >= 15 is 0 Å². The third kappa shape index (κ3) is 1.45. The fourth-order valence-corrected chi connectivity index (χ4v) is 1.50. The van der Waals surface area contributed by atoms with Crippen molar-refractivity contribution in [1.82, 2.24) is 4.98 Å². The molecule has 2 N–H and O–H groups in total. The van der Waals surface area contributed by atoms with Gasteiger partial charge in [0.15, 0.2) is 0 Å². The Morgan fingerprint density at radius 3 is 2.75 bits per heavy atom. The first-order valence-electron chi connectivity index (χ1n) is 3.15. The summed E-state index contributed by atoms with van der Waals surface area (Å²) in [7, 11) is -3.45. The van der Waals surface area contributed by atoms with Gasteiger partial charge in [-0.2, -0.15) is 0 Å². The quantitative estimate of drug-likeness (QED) is 0.729. The molecule has 0 aliphatic carbocycles. The molecule has 0 bridgehead atoms. The second-order valence-electron chi connectivity index (χ2n) is 2.13. The smallest absolute Gasteiger partial charge is 0.202 e. The zero-order chi connectivity index (χ0) is 9.19. The summed E-state index contributed by atoms with van der Waals surface area (Å²) in [5.74, 6) is 0. The Balaban J connectivity index is 3.39. The first kappa shape index (κ1) is 8.73. The van der Waals surface area contributed by atoms with Crippen molar-refractivity contribution in [1.29, 1.82) is 0 Å². The van der Waals surface area contributed by atoms with Crippen molar-refractivity contribution in [2.45, 2.75) is 4.90 Å². The molecule has 0 spiro atoms. The summed E-state index contributed by atoms with van der Waals surface area (Å²) in [6, 6.07) is 1.43. The lowest BCUT2D eigenvalue weighted by molar-refractivity contribution is 0.604. The molecule has 0 aliphatic heterocycles. The van der Waals surface area contributed by atoms with Crippen LogP contribution in [0.15, 0.2) is 35.3 Å². The second-order valence-corrected chi connectivity index (χ2v) is 3.99. The number of aromatic nitrogens is 1. The second kappa shape index (κ2) is 2.94. The van der Waals surface area contributed by atoms with E-state index in [4.69, 9.17) is 5.73 Å². The molecule has 1 aromatic heterocycles. The first-order chi connectivity index (χ1) is 5.58. The number of hydrogen-bond acceptors (Lipinski definition) is 4. The number of hydrogen-bond donors (Lipinski definition) is 1. The van der Waals surface area contributed by atoms with E-state index in [0.29, 0.717) is 0 Å². The molecule has 0 saturated carbocycles. The molecule has 0 saturated heterocycles. The van der Waals surface area contributed by atoms with E-state index in [2.05, 4.69) is 11.6 Å². The fourth-order valence-electron chi connectivity index (χ4n) is 0.718. The van der Waals surface area contributed by atoms with Gasteiger partial charge in [0.1, 0.15) is 4.90 Å². The van der Waals surface area contributed by atoms with E-state index in [1.807, 2.05) is 0 Å². The molecule has 0 radical (unpaired) electrons. The van der Waals surface area contributed by atoms with Crippen molar-refractivity contribution in [3.63, 3.8) is 0 Å². The van der Waals surface area contributed by atoms with E-state index in [9.17, 15) is 8.42 Å². The SMILES string of the molecule is C=CS(=O)(=O)c1cnccc1N. The Morgan fingerprint density at radius 1 is 1.58 bits per heavy atom. The molecule has 5 heteroatoms. The standard InChI is InChI=1S/C7H8N2O2S/c1-2-12(10,11)7-5-9-4-3-6(7)8/h2-5H,1H2,(H2,8,9). The molecule has 4 nitrogen and oxygen atoms in total. The van der Waals surface area contributed by atoms with Crippen molar-refractivity contribution in [2.75, 3.05) is 5.73 Å². The Bertz CT molecular complexity index is 398. The van der Waals surface area contributed by atoms with E-state index in [1.165, 1.54) is 18.5 Å². The van der Waals surface area contributed by atoms with E-state index in [-0.39, 0.29) is 10.6 Å². The molecule has 0 unspecified atom stereocenters. The van der Waals surface area contributed by atoms with E-state index in [0.717, 1.165) is 5.41 Å². The van der Waals surface area contributed by atoms with Crippen LogP contribution in [0.4, 0.5) is 5.69 Å². The van der Waals surface area contributed by atoms with Crippen molar-refractivity contribution >= 4 is 15.5 Å². The van der Waals surface area contributed by atoms with Crippen LogP contribution in [-0.2, 0) is 9.84 Å². The highest BCUT2D eigenvalue weighted by molar-refractivity contribution is 7.94. The molecule has 0 aromatic carbocycles. The fraction of sp³-hybridized carbons (Fsp3) is 0. The topological polar surface area (TPSA) is 73.0 Å². The average molecular weight is 184 g/mol. The van der Waals surface area contributed by atoms with E-state index in [1.54, 1.807) is 0 Å². The molecule has 0 aliphatic rings. The molecule has 0 fully saturated rings. The molecule has 64 valence electrons. The van der Waals surface area contributed by atoms with Crippen LogP contribution in [0.5, 0.6) is 0 Å². The summed E-state index contributed by atoms with van der Waals surface area (Å²) in [6.45, 7) is 3.18. The van der Waals surface area contributed by atoms with Gasteiger partial charge < -0.3 is 5.73 Å². The number of nitrogens with zero attached hydrogens (tertiary/aromatic N) is 1. The zero-order valence-electron chi connectivity index (χ0n) is 6.27. The largest absolute Gasteiger partial charge is 0.398 e. The lowest BCUT2D eigenvalue weighted by atomic mass is 10.4. The summed E-state index contributed by atoms with van der Waals surface area (Å²) in [5.41, 5.74) is 5.60. The van der Waals surface area contributed by atoms with Gasteiger partial charge in [-0.1, -0.05) is 6.58 Å². The van der Waals surface area contributed by atoms with Gasteiger partial charge in [0.25, 0.3) is 0 Å². The molecule has 1 aromatic rings. The monoisotopic (exact) mass is 184 g/mol. The van der Waals surface area contributed by atoms with Crippen LogP contribution in [0.2, 0.25) is 0 Å². The highest BCUT2D eigenvalue weighted by Gasteiger charge is 2.12. The van der Waals surface area contributed by atoms with Gasteiger partial charge in [-0.05, 0) is 6.07 Å². The van der Waals surface area contributed by atoms with Crippen LogP contribution in [0.1, 0.15) is 0 Å². The highest BCUT2D eigenvalue weighted by Crippen LogP contribution is 2.17. The summed E-state index contributed by atoms with van der Waals surface area (Å²) >= 11 is 0. The van der Waals surface area contributed by atoms with Gasteiger partial charge in [-0.3, -0.25) is 4.98 Å². The van der Waals surface area contributed by atoms with Crippen molar-refractivity contribution in [3.8, 4) is 0 Å². The van der Waals surface area contributed by atoms with Crippen LogP contribution in [0, 0.1) is 0 Å². The third-order valence-electron chi connectivity index (χ3n) is 1.34. The van der Waals surface area contributed by atoms with Crippen molar-refractivity contribution < 1.29 is 8.42 Å². The summed E-state index contributed by atoms with van der Waals surface area (Å²) in [6.07, 6.45) is 2.63. The molecular formula is C7H8N2O2S. The van der Waals surface area contributed by atoms with Gasteiger partial charge in [0.2, 0.25) is 9.84 Å². The van der Waals surface area contributed by atoms with Crippen LogP contribution < -0.4 is 5.73 Å². The Hall–Kier alpha value is -1.36. The number of sulfone groups is 1. The zero-order valence-corrected chi connectivity index (χ0v) is 7.08. The van der Waals surface area contributed by atoms with Gasteiger partial charge in [0, 0.05) is 17.8 Å². The Morgan fingerprint density at radius 2 is 2.25 bits per heavy atom. The number of nitrogens with two attached hydrogens (primary N) is 1. The number of anilines is 1. The normalized spacial score (nSPS) is 11.0. The minimum absolute atomic E-state index is 0.000000000000000444. The maximum Gasteiger partial charge on any atom is 0.202 e. The third-order valence-corrected chi connectivity index (χ3v) is 2.74. The van der Waals surface area contributed by atoms with Gasteiger partial charge in [0.05, 0.1) is 5.69 Å². The summed E-state index contributed by atoms with van der Waals surface area (Å²) in [5, 5.41) is 0.848. The highest BCUT2D eigenvalue weighted by atomic mass is 32.2. The average Bonchev–Trinajstić information content (AvgIpc) is 2.05. The maximum atomic E-state index is 11.2. The minimum atomic E-state index is -3.45. The van der Waals surface area contributed by atoms with Crippen LogP contribution in [0.25, 0.3) is 0 Å². The molecule has 1 rings (SSSR count). The lowest BCUT2D eigenvalue weighted by Crippen LogP contribution is -2.01. The predicted octanol–water partition coefficient (Wildman–Crippen LogP) is 0.581. The van der Waals surface area contributed by atoms with Gasteiger partial charge >= 0.3 is 0 Å². The number of pyridine rings is 1. The summed E-state index contributed by atoms with van der Waals surface area (Å²) < 4.78 is 22.4. The number of nitrogen functional groups attached to an aromatic ring is 1. The minimum Gasteiger partial charge on any atom is -0.398 e. The van der Waals surface area contributed by atoms with Crippen LogP contribution >= 0.6 is 0 Å².